The standard InChI is InChI=1S/C17H22FN5O3S/c1-12(24)20-16-11-14(3-4-15(16)18)27(25,26)21-13-5-8-23(9-6-13)17-19-7-10-22(17)2/h3-4,7,10-11,13,21H,5-6,8-9H2,1-2H3,(H,20,24). The third-order valence-corrected chi connectivity index (χ3v) is 5.97. The molecule has 0 radical (unpaired) electrons. The van der Waals surface area contributed by atoms with Crippen molar-refractivity contribution in [3.63, 3.8) is 0 Å². The molecule has 0 unspecified atom stereocenters. The van der Waals surface area contributed by atoms with Crippen LogP contribution in [-0.2, 0) is 21.9 Å². The summed E-state index contributed by atoms with van der Waals surface area (Å²) in [5.41, 5.74) is -0.157. The summed E-state index contributed by atoms with van der Waals surface area (Å²) in [7, 11) is -1.91. The highest BCUT2D eigenvalue weighted by Gasteiger charge is 2.26. The number of benzene rings is 1. The van der Waals surface area contributed by atoms with Gasteiger partial charge in [-0.05, 0) is 31.0 Å². The highest BCUT2D eigenvalue weighted by Crippen LogP contribution is 2.22. The van der Waals surface area contributed by atoms with Crippen LogP contribution >= 0.6 is 0 Å². The van der Waals surface area contributed by atoms with Crippen LogP contribution in [0.25, 0.3) is 0 Å². The fourth-order valence-electron chi connectivity index (χ4n) is 3.10. The molecule has 2 aromatic rings. The highest BCUT2D eigenvalue weighted by molar-refractivity contribution is 7.89. The molecule has 1 saturated heterocycles. The topological polar surface area (TPSA) is 96.3 Å². The summed E-state index contributed by atoms with van der Waals surface area (Å²) in [6, 6.07) is 3.12. The van der Waals surface area contributed by atoms with Gasteiger partial charge in [-0.3, -0.25) is 4.79 Å². The van der Waals surface area contributed by atoms with Crippen LogP contribution in [0.15, 0.2) is 35.5 Å². The van der Waals surface area contributed by atoms with Crippen molar-refractivity contribution in [3.05, 3.63) is 36.4 Å². The summed E-state index contributed by atoms with van der Waals surface area (Å²) in [4.78, 5) is 17.5. The first-order valence-corrected chi connectivity index (χ1v) is 10.1. The number of imidazole rings is 1. The maximum atomic E-state index is 13.7. The van der Waals surface area contributed by atoms with E-state index in [1.165, 1.54) is 13.0 Å². The number of sulfonamides is 1. The molecule has 10 heteroatoms. The molecule has 1 aromatic heterocycles. The van der Waals surface area contributed by atoms with Gasteiger partial charge in [-0.1, -0.05) is 0 Å². The Bertz CT molecular complexity index is 936. The fourth-order valence-corrected chi connectivity index (χ4v) is 4.44. The number of carbonyl (C=O) groups is 1. The second-order valence-electron chi connectivity index (χ2n) is 6.54. The minimum atomic E-state index is -3.82. The Kier molecular flexibility index (Phi) is 5.47. The molecule has 1 aliphatic rings. The molecule has 0 bridgehead atoms. The quantitative estimate of drug-likeness (QED) is 0.799. The Morgan fingerprint density at radius 3 is 2.59 bits per heavy atom. The van der Waals surface area contributed by atoms with E-state index in [4.69, 9.17) is 0 Å². The third kappa shape index (κ3) is 4.45. The molecule has 0 aliphatic carbocycles. The van der Waals surface area contributed by atoms with Gasteiger partial charge < -0.3 is 14.8 Å². The van der Waals surface area contributed by atoms with Crippen LogP contribution in [0.4, 0.5) is 16.0 Å². The number of nitrogens with zero attached hydrogens (tertiary/aromatic N) is 3. The first-order chi connectivity index (χ1) is 12.8. The number of anilines is 2. The first-order valence-electron chi connectivity index (χ1n) is 8.58. The molecule has 27 heavy (non-hydrogen) atoms. The van der Waals surface area contributed by atoms with E-state index >= 15 is 0 Å². The van der Waals surface area contributed by atoms with E-state index in [0.717, 1.165) is 18.1 Å². The Hall–Kier alpha value is -2.46. The maximum Gasteiger partial charge on any atom is 0.240 e. The van der Waals surface area contributed by atoms with Crippen LogP contribution in [-0.4, -0.2) is 43.0 Å². The lowest BCUT2D eigenvalue weighted by Crippen LogP contribution is -2.45. The van der Waals surface area contributed by atoms with Crippen LogP contribution in [0.2, 0.25) is 0 Å². The summed E-state index contributed by atoms with van der Waals surface area (Å²) >= 11 is 0. The zero-order chi connectivity index (χ0) is 19.6. The van der Waals surface area contributed by atoms with Crippen molar-refractivity contribution in [1.29, 1.82) is 0 Å². The van der Waals surface area contributed by atoms with E-state index in [0.29, 0.717) is 25.9 Å². The van der Waals surface area contributed by atoms with E-state index in [1.54, 1.807) is 6.20 Å². The number of halogens is 1. The normalized spacial score (nSPS) is 15.7. The minimum Gasteiger partial charge on any atom is -0.342 e. The molecule has 1 amide bonds. The monoisotopic (exact) mass is 395 g/mol. The van der Waals surface area contributed by atoms with Crippen molar-refractivity contribution < 1.29 is 17.6 Å². The molecule has 2 N–H and O–H groups in total. The van der Waals surface area contributed by atoms with Gasteiger partial charge in [0.05, 0.1) is 10.6 Å². The van der Waals surface area contributed by atoms with Crippen LogP contribution in [0, 0.1) is 5.82 Å². The van der Waals surface area contributed by atoms with Crippen LogP contribution in [0.5, 0.6) is 0 Å². The van der Waals surface area contributed by atoms with Crippen LogP contribution < -0.4 is 14.9 Å². The molecule has 2 heterocycles. The van der Waals surface area contributed by atoms with Gasteiger partial charge in [-0.2, -0.15) is 0 Å². The lowest BCUT2D eigenvalue weighted by molar-refractivity contribution is -0.114. The molecule has 146 valence electrons. The minimum absolute atomic E-state index is 0.0841. The van der Waals surface area contributed by atoms with Gasteiger partial charge in [0.15, 0.2) is 0 Å². The van der Waals surface area contributed by atoms with Gasteiger partial charge in [0.25, 0.3) is 0 Å². The summed E-state index contributed by atoms with van der Waals surface area (Å²) in [6.45, 7) is 2.59. The number of nitrogens with one attached hydrogen (secondary N) is 2. The number of aromatic nitrogens is 2. The van der Waals surface area contributed by atoms with Crippen molar-refractivity contribution in [2.75, 3.05) is 23.3 Å². The SMILES string of the molecule is CC(=O)Nc1cc(S(=O)(=O)NC2CCN(c3nccn3C)CC2)ccc1F. The van der Waals surface area contributed by atoms with E-state index in [1.807, 2.05) is 17.8 Å². The van der Waals surface area contributed by atoms with E-state index in [2.05, 4.69) is 19.9 Å². The summed E-state index contributed by atoms with van der Waals surface area (Å²) < 4.78 is 43.6. The molecule has 1 fully saturated rings. The van der Waals surface area contributed by atoms with Crippen molar-refractivity contribution in [2.24, 2.45) is 7.05 Å². The van der Waals surface area contributed by atoms with Crippen LogP contribution in [0.3, 0.4) is 0 Å². The number of aryl methyl sites for hydroxylation is 1. The maximum absolute atomic E-state index is 13.7. The smallest absolute Gasteiger partial charge is 0.240 e. The number of hydrogen-bond donors (Lipinski definition) is 2. The predicted octanol–water partition coefficient (Wildman–Crippen LogP) is 1.46. The van der Waals surface area contributed by atoms with Crippen LogP contribution in [0.1, 0.15) is 19.8 Å². The Morgan fingerprint density at radius 2 is 2.00 bits per heavy atom. The molecule has 0 spiro atoms. The summed E-state index contributed by atoms with van der Waals surface area (Å²) in [5.74, 6) is -0.305. The fraction of sp³-hybridized carbons (Fsp3) is 0.412. The largest absolute Gasteiger partial charge is 0.342 e. The van der Waals surface area contributed by atoms with E-state index in [-0.39, 0.29) is 16.6 Å². The third-order valence-electron chi connectivity index (χ3n) is 4.45. The molecular formula is C17H22FN5O3S. The number of piperidine rings is 1. The average molecular weight is 395 g/mol. The van der Waals surface area contributed by atoms with Gasteiger partial charge in [0.2, 0.25) is 21.9 Å². The highest BCUT2D eigenvalue weighted by atomic mass is 32.2. The molecule has 0 saturated carbocycles. The van der Waals surface area contributed by atoms with Gasteiger partial charge >= 0.3 is 0 Å². The van der Waals surface area contributed by atoms with Crippen molar-refractivity contribution in [3.8, 4) is 0 Å². The van der Waals surface area contributed by atoms with Crippen molar-refractivity contribution in [1.82, 2.24) is 14.3 Å². The Morgan fingerprint density at radius 1 is 1.30 bits per heavy atom. The van der Waals surface area contributed by atoms with Gasteiger partial charge in [-0.25, -0.2) is 22.5 Å². The molecule has 3 rings (SSSR count). The second-order valence-corrected chi connectivity index (χ2v) is 8.26. The zero-order valence-electron chi connectivity index (χ0n) is 15.1. The summed E-state index contributed by atoms with van der Waals surface area (Å²) in [5, 5.41) is 2.29. The van der Waals surface area contributed by atoms with E-state index in [9.17, 15) is 17.6 Å². The summed E-state index contributed by atoms with van der Waals surface area (Å²) in [6.07, 6.45) is 4.86. The first kappa shape index (κ1) is 19.3. The average Bonchev–Trinajstić information content (AvgIpc) is 3.03. The predicted molar refractivity (Wildman–Crippen MR) is 99.5 cm³/mol. The molecule has 1 aliphatic heterocycles. The second kappa shape index (κ2) is 7.65. The number of rotatable bonds is 5. The lowest BCUT2D eigenvalue weighted by Gasteiger charge is -2.32. The molecule has 8 nitrogen and oxygen atoms in total. The van der Waals surface area contributed by atoms with Gasteiger partial charge in [0.1, 0.15) is 5.82 Å². The molecular weight excluding hydrogens is 373 g/mol. The van der Waals surface area contributed by atoms with Crippen molar-refractivity contribution in [2.45, 2.75) is 30.7 Å². The van der Waals surface area contributed by atoms with Gasteiger partial charge in [0, 0.05) is 45.5 Å². The Balaban J connectivity index is 1.67. The molecule has 0 atom stereocenters. The number of carbonyl (C=O) groups excluding carboxylic acids is 1. The zero-order valence-corrected chi connectivity index (χ0v) is 16.0. The van der Waals surface area contributed by atoms with Gasteiger partial charge in [-0.15, -0.1) is 0 Å². The van der Waals surface area contributed by atoms with E-state index < -0.39 is 21.7 Å². The number of hydrogen-bond acceptors (Lipinski definition) is 5. The Labute approximate surface area is 157 Å². The lowest BCUT2D eigenvalue weighted by atomic mass is 10.1. The molecule has 1 aromatic carbocycles. The number of amides is 1. The van der Waals surface area contributed by atoms with Crippen molar-refractivity contribution >= 4 is 27.6 Å².